The number of ether oxygens (including phenoxy) is 2. The largest absolute Gasteiger partial charge is 0.493 e. The Balaban J connectivity index is 1.61. The number of H-pyrrole nitrogens is 1. The van der Waals surface area contributed by atoms with Crippen LogP contribution in [0, 0.1) is 11.7 Å². The van der Waals surface area contributed by atoms with Gasteiger partial charge in [0.2, 0.25) is 4.77 Å². The molecule has 3 aromatic carbocycles. The zero-order valence-electron chi connectivity index (χ0n) is 18.0. The molecule has 0 bridgehead atoms. The molecule has 0 fully saturated rings. The van der Waals surface area contributed by atoms with Crippen molar-refractivity contribution in [1.82, 2.24) is 14.9 Å². The molecule has 0 saturated heterocycles. The first-order valence-electron chi connectivity index (χ1n) is 10.4. The SMILES string of the molecule is CCOc1ccccc1-c1n[nH]c(=S)n1/N=C\c1ccccc1OCc1ccc(C)cc1. The zero-order valence-corrected chi connectivity index (χ0v) is 18.8. The Kier molecular flexibility index (Phi) is 6.77. The van der Waals surface area contributed by atoms with Gasteiger partial charge in [0.15, 0.2) is 5.82 Å². The predicted octanol–water partition coefficient (Wildman–Crippen LogP) is 5.78. The van der Waals surface area contributed by atoms with Gasteiger partial charge in [-0.2, -0.15) is 14.9 Å². The highest BCUT2D eigenvalue weighted by molar-refractivity contribution is 7.71. The molecule has 0 saturated carbocycles. The van der Waals surface area contributed by atoms with E-state index in [9.17, 15) is 0 Å². The molecular formula is C25H24N4O2S. The van der Waals surface area contributed by atoms with Gasteiger partial charge in [0.25, 0.3) is 0 Å². The Hall–Kier alpha value is -3.71. The van der Waals surface area contributed by atoms with Crippen LogP contribution in [-0.4, -0.2) is 27.7 Å². The highest BCUT2D eigenvalue weighted by Crippen LogP contribution is 2.28. The van der Waals surface area contributed by atoms with E-state index in [1.54, 1.807) is 10.9 Å². The smallest absolute Gasteiger partial charge is 0.216 e. The molecule has 6 nitrogen and oxygen atoms in total. The van der Waals surface area contributed by atoms with E-state index in [4.69, 9.17) is 21.7 Å². The van der Waals surface area contributed by atoms with Crippen molar-refractivity contribution in [3.63, 3.8) is 0 Å². The number of rotatable bonds is 8. The quantitative estimate of drug-likeness (QED) is 0.277. The monoisotopic (exact) mass is 444 g/mol. The Bertz CT molecular complexity index is 1280. The molecule has 1 aromatic heterocycles. The van der Waals surface area contributed by atoms with E-state index < -0.39 is 0 Å². The van der Waals surface area contributed by atoms with Crippen molar-refractivity contribution in [2.24, 2.45) is 5.10 Å². The summed E-state index contributed by atoms with van der Waals surface area (Å²) in [5.74, 6) is 2.04. The minimum atomic E-state index is 0.389. The van der Waals surface area contributed by atoms with Crippen molar-refractivity contribution in [1.29, 1.82) is 0 Å². The maximum atomic E-state index is 6.06. The van der Waals surface area contributed by atoms with Crippen LogP contribution < -0.4 is 9.47 Å². The molecule has 1 N–H and O–H groups in total. The lowest BCUT2D eigenvalue weighted by molar-refractivity contribution is 0.306. The molecule has 0 aliphatic heterocycles. The number of para-hydroxylation sites is 2. The van der Waals surface area contributed by atoms with Gasteiger partial charge in [0.05, 0.1) is 18.4 Å². The summed E-state index contributed by atoms with van der Waals surface area (Å²) in [6, 6.07) is 23.7. The second-order valence-corrected chi connectivity index (χ2v) is 7.54. The summed E-state index contributed by atoms with van der Waals surface area (Å²) in [6.45, 7) is 5.04. The van der Waals surface area contributed by atoms with E-state index in [0.717, 1.165) is 28.2 Å². The van der Waals surface area contributed by atoms with Crippen LogP contribution in [0.15, 0.2) is 77.9 Å². The van der Waals surface area contributed by atoms with Gasteiger partial charge >= 0.3 is 0 Å². The van der Waals surface area contributed by atoms with Crippen LogP contribution in [0.25, 0.3) is 11.4 Å². The molecule has 0 spiro atoms. The van der Waals surface area contributed by atoms with Crippen molar-refractivity contribution in [2.45, 2.75) is 20.5 Å². The minimum absolute atomic E-state index is 0.389. The fourth-order valence-electron chi connectivity index (χ4n) is 3.19. The normalized spacial score (nSPS) is 11.1. The Labute approximate surface area is 192 Å². The molecule has 4 aromatic rings. The number of nitrogens with one attached hydrogen (secondary N) is 1. The van der Waals surface area contributed by atoms with Gasteiger partial charge in [-0.05, 0) is 55.9 Å². The number of hydrogen-bond donors (Lipinski definition) is 1. The van der Waals surface area contributed by atoms with Gasteiger partial charge < -0.3 is 9.47 Å². The Morgan fingerprint density at radius 3 is 2.47 bits per heavy atom. The van der Waals surface area contributed by atoms with E-state index in [2.05, 4.69) is 46.5 Å². The Morgan fingerprint density at radius 2 is 1.69 bits per heavy atom. The summed E-state index contributed by atoms with van der Waals surface area (Å²) in [5, 5.41) is 11.8. The van der Waals surface area contributed by atoms with Crippen LogP contribution in [0.2, 0.25) is 0 Å². The maximum Gasteiger partial charge on any atom is 0.216 e. The molecule has 162 valence electrons. The molecule has 1 heterocycles. The van der Waals surface area contributed by atoms with E-state index in [1.165, 1.54) is 5.56 Å². The average molecular weight is 445 g/mol. The summed E-state index contributed by atoms with van der Waals surface area (Å²) in [7, 11) is 0. The third-order valence-electron chi connectivity index (χ3n) is 4.82. The van der Waals surface area contributed by atoms with Gasteiger partial charge in [-0.1, -0.05) is 54.1 Å². The molecule has 0 radical (unpaired) electrons. The standard InChI is InChI=1S/C25H24N4O2S/c1-3-30-23-11-7-5-9-21(23)24-27-28-25(32)29(24)26-16-20-8-4-6-10-22(20)31-17-19-14-12-18(2)13-15-19/h4-16H,3,17H2,1-2H3,(H,28,32)/b26-16-. The zero-order chi connectivity index (χ0) is 22.3. The van der Waals surface area contributed by atoms with Crippen LogP contribution in [0.3, 0.4) is 0 Å². The highest BCUT2D eigenvalue weighted by atomic mass is 32.1. The summed E-state index contributed by atoms with van der Waals surface area (Å²) in [4.78, 5) is 0. The first-order valence-corrected chi connectivity index (χ1v) is 10.8. The predicted molar refractivity (Wildman–Crippen MR) is 129 cm³/mol. The molecule has 7 heteroatoms. The van der Waals surface area contributed by atoms with Crippen LogP contribution in [0.1, 0.15) is 23.6 Å². The number of aromatic nitrogens is 3. The van der Waals surface area contributed by atoms with Gasteiger partial charge in [0.1, 0.15) is 18.1 Å². The van der Waals surface area contributed by atoms with Gasteiger partial charge in [-0.15, -0.1) is 0 Å². The Morgan fingerprint density at radius 1 is 0.969 bits per heavy atom. The highest BCUT2D eigenvalue weighted by Gasteiger charge is 2.13. The number of aromatic amines is 1. The van der Waals surface area contributed by atoms with Gasteiger partial charge in [-0.25, -0.2) is 5.10 Å². The fourth-order valence-corrected chi connectivity index (χ4v) is 3.37. The van der Waals surface area contributed by atoms with Crippen molar-refractivity contribution in [3.8, 4) is 22.9 Å². The minimum Gasteiger partial charge on any atom is -0.493 e. The summed E-state index contributed by atoms with van der Waals surface area (Å²) in [6.07, 6.45) is 1.72. The lowest BCUT2D eigenvalue weighted by Crippen LogP contribution is -2.01. The first-order chi connectivity index (χ1) is 15.7. The lowest BCUT2D eigenvalue weighted by Gasteiger charge is -2.10. The second kappa shape index (κ2) is 10.1. The third-order valence-corrected chi connectivity index (χ3v) is 5.09. The average Bonchev–Trinajstić information content (AvgIpc) is 3.18. The fraction of sp³-hybridized carbons (Fsp3) is 0.160. The second-order valence-electron chi connectivity index (χ2n) is 7.15. The van der Waals surface area contributed by atoms with Crippen LogP contribution in [0.4, 0.5) is 0 Å². The van der Waals surface area contributed by atoms with Crippen LogP contribution in [-0.2, 0) is 6.61 Å². The lowest BCUT2D eigenvalue weighted by atomic mass is 10.1. The van der Waals surface area contributed by atoms with Crippen molar-refractivity contribution >= 4 is 18.4 Å². The van der Waals surface area contributed by atoms with Crippen molar-refractivity contribution in [2.75, 3.05) is 6.61 Å². The van der Waals surface area contributed by atoms with Gasteiger partial charge in [-0.3, -0.25) is 0 Å². The van der Waals surface area contributed by atoms with E-state index in [-0.39, 0.29) is 0 Å². The molecule has 4 rings (SSSR count). The number of aryl methyl sites for hydroxylation is 1. The maximum absolute atomic E-state index is 6.06. The van der Waals surface area contributed by atoms with Crippen LogP contribution >= 0.6 is 12.2 Å². The summed E-state index contributed by atoms with van der Waals surface area (Å²) >= 11 is 5.41. The summed E-state index contributed by atoms with van der Waals surface area (Å²) < 4.78 is 13.8. The molecule has 0 unspecified atom stereocenters. The molecular weight excluding hydrogens is 420 g/mol. The topological polar surface area (TPSA) is 64.4 Å². The molecule has 32 heavy (non-hydrogen) atoms. The van der Waals surface area contributed by atoms with Crippen molar-refractivity contribution in [3.05, 3.63) is 94.3 Å². The number of nitrogens with zero attached hydrogens (tertiary/aromatic N) is 3. The molecule has 0 aliphatic carbocycles. The van der Waals surface area contributed by atoms with Crippen LogP contribution in [0.5, 0.6) is 11.5 Å². The van der Waals surface area contributed by atoms with E-state index >= 15 is 0 Å². The number of benzene rings is 3. The molecule has 0 atom stereocenters. The number of hydrogen-bond acceptors (Lipinski definition) is 5. The third kappa shape index (κ3) is 4.95. The van der Waals surface area contributed by atoms with Crippen molar-refractivity contribution < 1.29 is 9.47 Å². The molecule has 0 amide bonds. The van der Waals surface area contributed by atoms with E-state index in [1.807, 2.05) is 55.5 Å². The first kappa shape index (κ1) is 21.5. The van der Waals surface area contributed by atoms with Gasteiger partial charge in [0, 0.05) is 5.56 Å². The summed E-state index contributed by atoms with van der Waals surface area (Å²) in [5.41, 5.74) is 3.98. The van der Waals surface area contributed by atoms with E-state index in [0.29, 0.717) is 23.8 Å². The molecule has 0 aliphatic rings.